The molecule has 0 atom stereocenters. The van der Waals surface area contributed by atoms with Gasteiger partial charge in [-0.25, -0.2) is 0 Å². The first-order valence-corrected chi connectivity index (χ1v) is 5.51. The number of halogens is 3. The molecule has 2 rings (SSSR count). The Morgan fingerprint density at radius 1 is 1.05 bits per heavy atom. The van der Waals surface area contributed by atoms with Gasteiger partial charge in [0, 0.05) is 23.5 Å². The topological polar surface area (TPSA) is 30.0 Å². The van der Waals surface area contributed by atoms with Gasteiger partial charge in [-0.3, -0.25) is 9.78 Å². The van der Waals surface area contributed by atoms with Crippen molar-refractivity contribution in [3.05, 3.63) is 65.0 Å². The first-order valence-electron chi connectivity index (χ1n) is 5.51. The predicted molar refractivity (Wildman–Crippen MR) is 63.9 cm³/mol. The van der Waals surface area contributed by atoms with E-state index in [0.29, 0.717) is 11.1 Å². The highest BCUT2D eigenvalue weighted by atomic mass is 19.4. The molecule has 0 aliphatic rings. The zero-order valence-corrected chi connectivity index (χ0v) is 10.0. The van der Waals surface area contributed by atoms with Crippen LogP contribution in [0.25, 0.3) is 0 Å². The molecule has 1 heterocycles. The molecule has 0 aliphatic carbocycles. The highest BCUT2D eigenvalue weighted by Gasteiger charge is 2.31. The molecule has 2 aromatic rings. The standard InChI is InChI=1S/C14H10F3NO/c1-9-6-11(8-12(7-9)14(15,16)17)13(19)10-2-4-18-5-3-10/h2-8H,1H3. The summed E-state index contributed by atoms with van der Waals surface area (Å²) in [7, 11) is 0. The van der Waals surface area contributed by atoms with Crippen molar-refractivity contribution >= 4 is 5.78 Å². The molecule has 0 unspecified atom stereocenters. The molecule has 0 N–H and O–H groups in total. The van der Waals surface area contributed by atoms with Crippen LogP contribution in [0.2, 0.25) is 0 Å². The quantitative estimate of drug-likeness (QED) is 0.776. The maximum absolute atomic E-state index is 12.7. The molecular weight excluding hydrogens is 255 g/mol. The molecule has 0 radical (unpaired) electrons. The summed E-state index contributed by atoms with van der Waals surface area (Å²) in [5.41, 5.74) is -0.0793. The van der Waals surface area contributed by atoms with E-state index in [0.717, 1.165) is 12.1 Å². The molecule has 0 saturated heterocycles. The molecule has 1 aromatic heterocycles. The zero-order valence-electron chi connectivity index (χ0n) is 10.0. The number of hydrogen-bond acceptors (Lipinski definition) is 2. The summed E-state index contributed by atoms with van der Waals surface area (Å²) >= 11 is 0. The Balaban J connectivity index is 2.46. The summed E-state index contributed by atoms with van der Waals surface area (Å²) in [6.45, 7) is 1.53. The number of nitrogens with zero attached hydrogens (tertiary/aromatic N) is 1. The van der Waals surface area contributed by atoms with Crippen LogP contribution in [0.4, 0.5) is 13.2 Å². The SMILES string of the molecule is Cc1cc(C(=O)c2ccncc2)cc(C(F)(F)F)c1. The van der Waals surface area contributed by atoms with Gasteiger partial charge >= 0.3 is 6.18 Å². The normalized spacial score (nSPS) is 11.4. The zero-order chi connectivity index (χ0) is 14.0. The minimum Gasteiger partial charge on any atom is -0.289 e. The third-order valence-electron chi connectivity index (χ3n) is 2.61. The Kier molecular flexibility index (Phi) is 3.38. The third kappa shape index (κ3) is 2.99. The van der Waals surface area contributed by atoms with Crippen LogP contribution in [0.15, 0.2) is 42.7 Å². The van der Waals surface area contributed by atoms with Crippen molar-refractivity contribution < 1.29 is 18.0 Å². The minimum absolute atomic E-state index is 0.0264. The van der Waals surface area contributed by atoms with E-state index in [-0.39, 0.29) is 5.56 Å². The number of aryl methyl sites for hydroxylation is 1. The van der Waals surface area contributed by atoms with Crippen LogP contribution in [-0.2, 0) is 6.18 Å². The molecule has 0 spiro atoms. The van der Waals surface area contributed by atoms with Gasteiger partial charge in [0.15, 0.2) is 5.78 Å². The molecule has 19 heavy (non-hydrogen) atoms. The number of carbonyl (C=O) groups is 1. The number of benzene rings is 1. The highest BCUT2D eigenvalue weighted by molar-refractivity contribution is 6.09. The molecule has 0 aliphatic heterocycles. The second kappa shape index (κ2) is 4.84. The number of alkyl halides is 3. The Morgan fingerprint density at radius 3 is 2.26 bits per heavy atom. The van der Waals surface area contributed by atoms with Crippen molar-refractivity contribution in [3.8, 4) is 0 Å². The second-order valence-electron chi connectivity index (χ2n) is 4.15. The number of hydrogen-bond donors (Lipinski definition) is 0. The molecule has 1 aromatic carbocycles. The van der Waals surface area contributed by atoms with Crippen molar-refractivity contribution in [1.29, 1.82) is 0 Å². The largest absolute Gasteiger partial charge is 0.416 e. The second-order valence-corrected chi connectivity index (χ2v) is 4.15. The van der Waals surface area contributed by atoms with Crippen LogP contribution in [0.1, 0.15) is 27.0 Å². The summed E-state index contributed by atoms with van der Waals surface area (Å²) in [5.74, 6) is -0.448. The molecular formula is C14H10F3NO. The summed E-state index contributed by atoms with van der Waals surface area (Å²) in [6.07, 6.45) is -1.61. The van der Waals surface area contributed by atoms with Gasteiger partial charge in [-0.1, -0.05) is 0 Å². The smallest absolute Gasteiger partial charge is 0.289 e. The van der Waals surface area contributed by atoms with E-state index in [1.165, 1.54) is 37.5 Å². The van der Waals surface area contributed by atoms with Gasteiger partial charge in [-0.15, -0.1) is 0 Å². The number of carbonyl (C=O) groups excluding carboxylic acids is 1. The monoisotopic (exact) mass is 265 g/mol. The van der Waals surface area contributed by atoms with Gasteiger partial charge in [0.2, 0.25) is 0 Å². The number of ketones is 1. The molecule has 0 saturated carbocycles. The van der Waals surface area contributed by atoms with Crippen molar-refractivity contribution in [2.24, 2.45) is 0 Å². The fourth-order valence-corrected chi connectivity index (χ4v) is 1.75. The minimum atomic E-state index is -4.46. The fraction of sp³-hybridized carbons (Fsp3) is 0.143. The van der Waals surface area contributed by atoms with Gasteiger partial charge in [0.25, 0.3) is 0 Å². The Labute approximate surface area is 107 Å². The van der Waals surface area contributed by atoms with Gasteiger partial charge in [0.05, 0.1) is 5.56 Å². The van der Waals surface area contributed by atoms with Crippen LogP contribution in [-0.4, -0.2) is 10.8 Å². The summed E-state index contributed by atoms with van der Waals surface area (Å²) in [5, 5.41) is 0. The van der Waals surface area contributed by atoms with Crippen molar-refractivity contribution in [2.75, 3.05) is 0 Å². The van der Waals surface area contributed by atoms with Crippen LogP contribution in [0.3, 0.4) is 0 Å². The molecule has 2 nitrogen and oxygen atoms in total. The highest BCUT2D eigenvalue weighted by Crippen LogP contribution is 2.31. The van der Waals surface area contributed by atoms with Crippen molar-refractivity contribution in [3.63, 3.8) is 0 Å². The molecule has 98 valence electrons. The van der Waals surface area contributed by atoms with E-state index in [4.69, 9.17) is 0 Å². The van der Waals surface area contributed by atoms with Crippen LogP contribution >= 0.6 is 0 Å². The third-order valence-corrected chi connectivity index (χ3v) is 2.61. The average molecular weight is 265 g/mol. The lowest BCUT2D eigenvalue weighted by Gasteiger charge is -2.10. The van der Waals surface area contributed by atoms with Gasteiger partial charge in [-0.05, 0) is 42.8 Å². The molecule has 0 fully saturated rings. The number of aromatic nitrogens is 1. The predicted octanol–water partition coefficient (Wildman–Crippen LogP) is 3.64. The molecule has 0 amide bonds. The van der Waals surface area contributed by atoms with E-state index >= 15 is 0 Å². The Hall–Kier alpha value is -2.17. The van der Waals surface area contributed by atoms with Gasteiger partial charge in [-0.2, -0.15) is 13.2 Å². The first-order chi connectivity index (χ1) is 8.88. The lowest BCUT2D eigenvalue weighted by Crippen LogP contribution is -2.09. The van der Waals surface area contributed by atoms with Crippen LogP contribution in [0.5, 0.6) is 0 Å². The lowest BCUT2D eigenvalue weighted by molar-refractivity contribution is -0.137. The summed E-state index contributed by atoms with van der Waals surface area (Å²) < 4.78 is 38.1. The Morgan fingerprint density at radius 2 is 1.68 bits per heavy atom. The number of pyridine rings is 1. The molecule has 5 heteroatoms. The lowest BCUT2D eigenvalue weighted by atomic mass is 9.99. The van der Waals surface area contributed by atoms with Crippen molar-refractivity contribution in [1.82, 2.24) is 4.98 Å². The molecule has 0 bridgehead atoms. The van der Waals surface area contributed by atoms with E-state index in [2.05, 4.69) is 4.98 Å². The summed E-state index contributed by atoms with van der Waals surface area (Å²) in [6, 6.07) is 6.27. The van der Waals surface area contributed by atoms with E-state index in [1.807, 2.05) is 0 Å². The number of rotatable bonds is 2. The van der Waals surface area contributed by atoms with E-state index in [9.17, 15) is 18.0 Å². The van der Waals surface area contributed by atoms with Gasteiger partial charge < -0.3 is 0 Å². The fourth-order valence-electron chi connectivity index (χ4n) is 1.75. The summed E-state index contributed by atoms with van der Waals surface area (Å²) in [4.78, 5) is 15.8. The van der Waals surface area contributed by atoms with Gasteiger partial charge in [0.1, 0.15) is 0 Å². The van der Waals surface area contributed by atoms with Crippen LogP contribution < -0.4 is 0 Å². The van der Waals surface area contributed by atoms with Crippen molar-refractivity contribution in [2.45, 2.75) is 13.1 Å². The van der Waals surface area contributed by atoms with E-state index in [1.54, 1.807) is 0 Å². The van der Waals surface area contributed by atoms with E-state index < -0.39 is 17.5 Å². The first kappa shape index (κ1) is 13.3. The maximum Gasteiger partial charge on any atom is 0.416 e. The Bertz CT molecular complexity index is 606. The van der Waals surface area contributed by atoms with Crippen LogP contribution in [0, 0.1) is 6.92 Å². The average Bonchev–Trinajstić information content (AvgIpc) is 2.37. The maximum atomic E-state index is 12.7.